The number of carboxylic acid groups (broad SMARTS) is 1. The summed E-state index contributed by atoms with van der Waals surface area (Å²) < 4.78 is 0. The van der Waals surface area contributed by atoms with Gasteiger partial charge in [0.2, 0.25) is 5.91 Å². The van der Waals surface area contributed by atoms with Crippen molar-refractivity contribution in [3.8, 4) is 0 Å². The summed E-state index contributed by atoms with van der Waals surface area (Å²) in [6.45, 7) is 0. The molecule has 0 bridgehead atoms. The van der Waals surface area contributed by atoms with Crippen molar-refractivity contribution in [3.63, 3.8) is 0 Å². The first kappa shape index (κ1) is 15.3. The summed E-state index contributed by atoms with van der Waals surface area (Å²) in [4.78, 5) is 22.5. The molecule has 6 heteroatoms. The van der Waals surface area contributed by atoms with Crippen LogP contribution < -0.4 is 5.32 Å². The summed E-state index contributed by atoms with van der Waals surface area (Å²) in [5.41, 5.74) is 1.45. The predicted molar refractivity (Wildman–Crippen MR) is 84.6 cm³/mol. The Bertz CT molecular complexity index is 470. The van der Waals surface area contributed by atoms with Gasteiger partial charge in [-0.1, -0.05) is 12.1 Å². The van der Waals surface area contributed by atoms with Crippen LogP contribution in [0.3, 0.4) is 0 Å². The second kappa shape index (κ2) is 7.59. The van der Waals surface area contributed by atoms with Crippen LogP contribution in [0.5, 0.6) is 0 Å². The highest BCUT2D eigenvalue weighted by atomic mass is 32.2. The van der Waals surface area contributed by atoms with Crippen molar-refractivity contribution in [2.24, 2.45) is 0 Å². The number of carbonyl (C=O) groups excluding carboxylic acids is 1. The van der Waals surface area contributed by atoms with E-state index in [4.69, 9.17) is 5.11 Å². The molecule has 0 saturated carbocycles. The normalized spacial score (nSPS) is 18.5. The number of rotatable bonds is 5. The molecular weight excluding hydrogens is 294 g/mol. The highest BCUT2D eigenvalue weighted by Gasteiger charge is 2.17. The van der Waals surface area contributed by atoms with Gasteiger partial charge in [-0.3, -0.25) is 9.59 Å². The number of hydrogen-bond acceptors (Lipinski definition) is 4. The molecule has 2 N–H and O–H groups in total. The van der Waals surface area contributed by atoms with Gasteiger partial charge < -0.3 is 10.4 Å². The molecule has 1 amide bonds. The molecule has 0 spiro atoms. The average molecular weight is 311 g/mol. The van der Waals surface area contributed by atoms with E-state index in [1.807, 2.05) is 23.5 Å². The monoisotopic (exact) mass is 311 g/mol. The second-order valence-corrected chi connectivity index (χ2v) is 7.15. The van der Waals surface area contributed by atoms with Crippen molar-refractivity contribution in [1.29, 1.82) is 0 Å². The van der Waals surface area contributed by atoms with Gasteiger partial charge in [0.05, 0.1) is 6.42 Å². The fourth-order valence-electron chi connectivity index (χ4n) is 1.95. The first-order chi connectivity index (χ1) is 9.63. The number of amides is 1. The van der Waals surface area contributed by atoms with Gasteiger partial charge in [0, 0.05) is 34.6 Å². The third-order valence-corrected chi connectivity index (χ3v) is 5.74. The van der Waals surface area contributed by atoms with Crippen molar-refractivity contribution < 1.29 is 14.7 Å². The molecule has 1 aliphatic rings. The fourth-order valence-corrected chi connectivity index (χ4v) is 4.63. The van der Waals surface area contributed by atoms with E-state index in [9.17, 15) is 9.59 Å². The van der Waals surface area contributed by atoms with Gasteiger partial charge in [-0.15, -0.1) is 0 Å². The van der Waals surface area contributed by atoms with E-state index >= 15 is 0 Å². The average Bonchev–Trinajstić information content (AvgIpc) is 2.41. The molecule has 0 radical (unpaired) electrons. The molecule has 1 fully saturated rings. The molecule has 1 atom stereocenters. The number of hydrogen-bond donors (Lipinski definition) is 2. The number of carboxylic acids is 1. The minimum absolute atomic E-state index is 0.00413. The van der Waals surface area contributed by atoms with Crippen LogP contribution in [0.15, 0.2) is 24.3 Å². The molecule has 0 aromatic heterocycles. The van der Waals surface area contributed by atoms with Gasteiger partial charge in [-0.05, 0) is 17.7 Å². The zero-order valence-electron chi connectivity index (χ0n) is 11.0. The summed E-state index contributed by atoms with van der Waals surface area (Å²) in [6, 6.07) is 6.96. The van der Waals surface area contributed by atoms with Gasteiger partial charge in [-0.2, -0.15) is 23.5 Å². The molecule has 0 aliphatic carbocycles. The maximum absolute atomic E-state index is 11.9. The lowest BCUT2D eigenvalue weighted by molar-refractivity contribution is -0.136. The van der Waals surface area contributed by atoms with Gasteiger partial charge in [0.25, 0.3) is 0 Å². The Kier molecular flexibility index (Phi) is 5.79. The van der Waals surface area contributed by atoms with Gasteiger partial charge in [-0.25, -0.2) is 0 Å². The minimum Gasteiger partial charge on any atom is -0.481 e. The van der Waals surface area contributed by atoms with E-state index in [0.717, 1.165) is 22.8 Å². The van der Waals surface area contributed by atoms with Crippen molar-refractivity contribution in [1.82, 2.24) is 0 Å². The molecular formula is C14H17NO3S2. The Morgan fingerprint density at radius 3 is 2.60 bits per heavy atom. The third-order valence-electron chi connectivity index (χ3n) is 2.89. The summed E-state index contributed by atoms with van der Waals surface area (Å²) >= 11 is 3.77. The molecule has 108 valence electrons. The number of carbonyl (C=O) groups is 2. The Morgan fingerprint density at radius 1 is 1.25 bits per heavy atom. The first-order valence-corrected chi connectivity index (χ1v) is 8.64. The summed E-state index contributed by atoms with van der Waals surface area (Å²) in [7, 11) is 0. The van der Waals surface area contributed by atoms with Gasteiger partial charge >= 0.3 is 5.97 Å². The third kappa shape index (κ3) is 5.09. The van der Waals surface area contributed by atoms with E-state index < -0.39 is 5.97 Å². The SMILES string of the molecule is O=C(O)Cc1ccc(NC(=O)CC2CSCCS2)cc1. The zero-order valence-corrected chi connectivity index (χ0v) is 12.6. The lowest BCUT2D eigenvalue weighted by atomic mass is 10.1. The molecule has 20 heavy (non-hydrogen) atoms. The topological polar surface area (TPSA) is 66.4 Å². The maximum atomic E-state index is 11.9. The van der Waals surface area contributed by atoms with Crippen LogP contribution in [-0.4, -0.2) is 39.5 Å². The van der Waals surface area contributed by atoms with E-state index in [-0.39, 0.29) is 12.3 Å². The van der Waals surface area contributed by atoms with Crippen molar-refractivity contribution in [2.75, 3.05) is 22.6 Å². The van der Waals surface area contributed by atoms with Crippen molar-refractivity contribution in [2.45, 2.75) is 18.1 Å². The number of aliphatic carboxylic acids is 1. The molecule has 2 rings (SSSR count). The quantitative estimate of drug-likeness (QED) is 0.874. The van der Waals surface area contributed by atoms with Crippen LogP contribution >= 0.6 is 23.5 Å². The molecule has 1 aromatic rings. The largest absolute Gasteiger partial charge is 0.481 e. The molecule has 1 heterocycles. The van der Waals surface area contributed by atoms with Crippen LogP contribution in [0.4, 0.5) is 5.69 Å². The summed E-state index contributed by atoms with van der Waals surface area (Å²) in [5, 5.41) is 12.0. The molecule has 1 aliphatic heterocycles. The number of thioether (sulfide) groups is 2. The molecule has 1 saturated heterocycles. The van der Waals surface area contributed by atoms with Crippen LogP contribution in [0.25, 0.3) is 0 Å². The smallest absolute Gasteiger partial charge is 0.307 e. The Balaban J connectivity index is 1.82. The minimum atomic E-state index is -0.853. The number of anilines is 1. The van der Waals surface area contributed by atoms with Crippen LogP contribution in [0.1, 0.15) is 12.0 Å². The zero-order chi connectivity index (χ0) is 14.4. The standard InChI is InChI=1S/C14H17NO3S2/c16-13(8-12-9-19-5-6-20-12)15-11-3-1-10(2-4-11)7-14(17)18/h1-4,12H,5-9H2,(H,15,16)(H,17,18). The van der Waals surface area contributed by atoms with Crippen molar-refractivity contribution >= 4 is 41.1 Å². The van der Waals surface area contributed by atoms with E-state index in [1.165, 1.54) is 5.75 Å². The number of benzene rings is 1. The van der Waals surface area contributed by atoms with Crippen LogP contribution in [0.2, 0.25) is 0 Å². The highest BCUT2D eigenvalue weighted by Crippen LogP contribution is 2.26. The Morgan fingerprint density at radius 2 is 2.00 bits per heavy atom. The van der Waals surface area contributed by atoms with Crippen molar-refractivity contribution in [3.05, 3.63) is 29.8 Å². The lowest BCUT2D eigenvalue weighted by Gasteiger charge is -2.20. The summed E-state index contributed by atoms with van der Waals surface area (Å²) in [5.74, 6) is 2.50. The van der Waals surface area contributed by atoms with Gasteiger partial charge in [0.1, 0.15) is 0 Å². The highest BCUT2D eigenvalue weighted by molar-refractivity contribution is 8.06. The fraction of sp³-hybridized carbons (Fsp3) is 0.429. The van der Waals surface area contributed by atoms with Crippen LogP contribution in [0, 0.1) is 0 Å². The Hall–Kier alpha value is -1.14. The molecule has 1 aromatic carbocycles. The molecule has 4 nitrogen and oxygen atoms in total. The summed E-state index contributed by atoms with van der Waals surface area (Å²) in [6.07, 6.45) is 0.540. The number of nitrogens with one attached hydrogen (secondary N) is 1. The molecule has 1 unspecified atom stereocenters. The lowest BCUT2D eigenvalue weighted by Crippen LogP contribution is -2.22. The van der Waals surface area contributed by atoms with Crippen LogP contribution in [-0.2, 0) is 16.0 Å². The van der Waals surface area contributed by atoms with Gasteiger partial charge in [0.15, 0.2) is 0 Å². The Labute approximate surface area is 126 Å². The predicted octanol–water partition coefficient (Wildman–Crippen LogP) is 2.49. The van der Waals surface area contributed by atoms with E-state index in [0.29, 0.717) is 11.7 Å². The second-order valence-electron chi connectivity index (χ2n) is 4.59. The van der Waals surface area contributed by atoms with E-state index in [1.54, 1.807) is 24.3 Å². The van der Waals surface area contributed by atoms with E-state index in [2.05, 4.69) is 5.32 Å². The first-order valence-electron chi connectivity index (χ1n) is 6.43. The maximum Gasteiger partial charge on any atom is 0.307 e.